The van der Waals surface area contributed by atoms with Crippen molar-refractivity contribution in [1.29, 1.82) is 5.41 Å². The number of alkyl halides is 3. The standard InChI is InChI=1S/C32H44ClF3N6O3/c1-5-7-23(8-11-39-20-43)29(6-2)40-25-9-12-42(13-10-25)30(45)15-22(3)14-24-16-28(33)31(38-4)26(17-37)27(24)18-41(21-44)19-32(34,35)36/h5-7,16-17,20-22,25,37-38,40H,2,8-15,18-19H2,1,3-4H3,(H,39,43)/b7-5-,29-23-,37-17?. The van der Waals surface area contributed by atoms with Gasteiger partial charge in [-0.3, -0.25) is 14.4 Å². The molecule has 13 heteroatoms. The van der Waals surface area contributed by atoms with Crippen LogP contribution in [0.3, 0.4) is 0 Å². The number of nitrogens with zero attached hydrogens (tertiary/aromatic N) is 2. The maximum Gasteiger partial charge on any atom is 0.406 e. The van der Waals surface area contributed by atoms with Gasteiger partial charge in [0.25, 0.3) is 0 Å². The molecule has 1 aromatic carbocycles. The predicted octanol–water partition coefficient (Wildman–Crippen LogP) is 5.20. The first-order chi connectivity index (χ1) is 21.4. The lowest BCUT2D eigenvalue weighted by molar-refractivity contribution is -0.155. The Kier molecular flexibility index (Phi) is 15.2. The van der Waals surface area contributed by atoms with Gasteiger partial charge in [0.2, 0.25) is 18.7 Å². The molecule has 1 aromatic rings. The highest BCUT2D eigenvalue weighted by Gasteiger charge is 2.31. The lowest BCUT2D eigenvalue weighted by Gasteiger charge is -2.34. The molecule has 45 heavy (non-hydrogen) atoms. The van der Waals surface area contributed by atoms with E-state index in [4.69, 9.17) is 17.0 Å². The molecule has 0 aromatic heterocycles. The summed E-state index contributed by atoms with van der Waals surface area (Å²) >= 11 is 6.46. The second-order valence-electron chi connectivity index (χ2n) is 11.1. The van der Waals surface area contributed by atoms with E-state index in [-0.39, 0.29) is 37.2 Å². The van der Waals surface area contributed by atoms with Crippen LogP contribution in [0.25, 0.3) is 0 Å². The van der Waals surface area contributed by atoms with Crippen molar-refractivity contribution in [2.75, 3.05) is 38.5 Å². The highest BCUT2D eigenvalue weighted by molar-refractivity contribution is 6.34. The van der Waals surface area contributed by atoms with Crippen LogP contribution in [-0.4, -0.2) is 80.2 Å². The molecule has 0 radical (unpaired) electrons. The first-order valence-corrected chi connectivity index (χ1v) is 15.3. The van der Waals surface area contributed by atoms with E-state index in [0.29, 0.717) is 71.2 Å². The Labute approximate surface area is 268 Å². The summed E-state index contributed by atoms with van der Waals surface area (Å²) in [5, 5.41) is 17.3. The van der Waals surface area contributed by atoms with Gasteiger partial charge < -0.3 is 31.2 Å². The number of carbonyl (C=O) groups is 3. The van der Waals surface area contributed by atoms with Gasteiger partial charge in [-0.1, -0.05) is 37.3 Å². The van der Waals surface area contributed by atoms with E-state index in [1.165, 1.54) is 0 Å². The van der Waals surface area contributed by atoms with Gasteiger partial charge in [-0.15, -0.1) is 0 Å². The van der Waals surface area contributed by atoms with Crippen LogP contribution < -0.4 is 16.0 Å². The van der Waals surface area contributed by atoms with Gasteiger partial charge in [-0.05, 0) is 67.4 Å². The van der Waals surface area contributed by atoms with Crippen LogP contribution in [0.4, 0.5) is 18.9 Å². The summed E-state index contributed by atoms with van der Waals surface area (Å²) in [5.41, 5.74) is 3.56. The Bertz CT molecular complexity index is 1260. The maximum atomic E-state index is 13.3. The molecular weight excluding hydrogens is 609 g/mol. The summed E-state index contributed by atoms with van der Waals surface area (Å²) < 4.78 is 39.3. The van der Waals surface area contributed by atoms with Crippen LogP contribution in [0, 0.1) is 11.3 Å². The zero-order valence-electron chi connectivity index (χ0n) is 26.1. The van der Waals surface area contributed by atoms with Crippen molar-refractivity contribution in [3.63, 3.8) is 0 Å². The van der Waals surface area contributed by atoms with E-state index in [9.17, 15) is 27.6 Å². The molecule has 9 nitrogen and oxygen atoms in total. The third kappa shape index (κ3) is 11.6. The summed E-state index contributed by atoms with van der Waals surface area (Å²) in [4.78, 5) is 37.9. The van der Waals surface area contributed by atoms with Gasteiger partial charge in [0.1, 0.15) is 6.54 Å². The number of likely N-dealkylation sites (tertiary alicyclic amines) is 1. The number of hydrogen-bond acceptors (Lipinski definition) is 6. The maximum absolute atomic E-state index is 13.3. The second kappa shape index (κ2) is 18.2. The van der Waals surface area contributed by atoms with Crippen molar-refractivity contribution in [2.24, 2.45) is 5.92 Å². The van der Waals surface area contributed by atoms with Gasteiger partial charge >= 0.3 is 6.18 Å². The van der Waals surface area contributed by atoms with Crippen molar-refractivity contribution < 1.29 is 27.6 Å². The van der Waals surface area contributed by atoms with Crippen molar-refractivity contribution in [3.05, 3.63) is 63.9 Å². The van der Waals surface area contributed by atoms with Gasteiger partial charge in [-0.25, -0.2) is 0 Å². The van der Waals surface area contributed by atoms with Crippen LogP contribution >= 0.6 is 11.6 Å². The normalized spacial score (nSPS) is 15.2. The lowest BCUT2D eigenvalue weighted by atomic mass is 9.90. The fourth-order valence-corrected chi connectivity index (χ4v) is 5.86. The Morgan fingerprint density at radius 3 is 2.51 bits per heavy atom. The SMILES string of the molecule is C=C/C(NC1CCN(C(=O)CC(C)Cc2cc(Cl)c(NC)c(C=N)c2CN(C=O)CC(F)(F)F)CC1)=C(\C=C/C)CCNC=O. The van der Waals surface area contributed by atoms with Crippen LogP contribution in [0.15, 0.2) is 42.1 Å². The fraction of sp³-hybridized carbons (Fsp3) is 0.500. The average molecular weight is 653 g/mol. The highest BCUT2D eigenvalue weighted by Crippen LogP contribution is 2.33. The molecule has 4 N–H and O–H groups in total. The van der Waals surface area contributed by atoms with Crippen LogP contribution in [0.5, 0.6) is 0 Å². The molecule has 1 saturated heterocycles. The van der Waals surface area contributed by atoms with E-state index < -0.39 is 12.7 Å². The minimum absolute atomic E-state index is 0.0201. The zero-order chi connectivity index (χ0) is 33.6. The summed E-state index contributed by atoms with van der Waals surface area (Å²) in [6.45, 7) is 7.59. The van der Waals surface area contributed by atoms with Gasteiger partial charge in [-0.2, -0.15) is 13.2 Å². The van der Waals surface area contributed by atoms with E-state index in [1.807, 2.05) is 30.9 Å². The third-order valence-electron chi connectivity index (χ3n) is 7.65. The molecule has 0 bridgehead atoms. The molecule has 0 aliphatic carbocycles. The molecule has 0 saturated carbocycles. The van der Waals surface area contributed by atoms with Crippen molar-refractivity contribution in [2.45, 2.75) is 64.7 Å². The molecule has 1 aliphatic heterocycles. The van der Waals surface area contributed by atoms with E-state index in [0.717, 1.165) is 30.3 Å². The Balaban J connectivity index is 2.12. The summed E-state index contributed by atoms with van der Waals surface area (Å²) in [5.74, 6) is -0.207. The van der Waals surface area contributed by atoms with Crippen LogP contribution in [0.1, 0.15) is 56.2 Å². The molecule has 3 amide bonds. The largest absolute Gasteiger partial charge is 0.406 e. The van der Waals surface area contributed by atoms with Crippen molar-refractivity contribution >= 4 is 42.2 Å². The quantitative estimate of drug-likeness (QED) is 0.0753. The topological polar surface area (TPSA) is 118 Å². The fourth-order valence-electron chi connectivity index (χ4n) is 5.54. The minimum atomic E-state index is -4.58. The minimum Gasteiger partial charge on any atom is -0.386 e. The smallest absolute Gasteiger partial charge is 0.386 e. The number of halogens is 4. The summed E-state index contributed by atoms with van der Waals surface area (Å²) in [7, 11) is 1.59. The van der Waals surface area contributed by atoms with Gasteiger partial charge in [0.15, 0.2) is 0 Å². The number of rotatable bonds is 18. The van der Waals surface area contributed by atoms with E-state index in [2.05, 4.69) is 22.5 Å². The molecule has 0 spiro atoms. The molecule has 1 aliphatic rings. The molecule has 248 valence electrons. The zero-order valence-corrected chi connectivity index (χ0v) is 26.9. The molecule has 1 unspecified atom stereocenters. The Hall–Kier alpha value is -3.80. The number of piperidine rings is 1. The number of anilines is 1. The van der Waals surface area contributed by atoms with Crippen LogP contribution in [0.2, 0.25) is 5.02 Å². The molecule has 2 rings (SSSR count). The van der Waals surface area contributed by atoms with Gasteiger partial charge in [0.05, 0.1) is 10.7 Å². The number of nitrogens with one attached hydrogen (secondary N) is 4. The Morgan fingerprint density at radius 1 is 1.29 bits per heavy atom. The van der Waals surface area contributed by atoms with Crippen LogP contribution in [-0.2, 0) is 27.3 Å². The van der Waals surface area contributed by atoms with Gasteiger partial charge in [0, 0.05) is 63.2 Å². The number of hydrogen-bond donors (Lipinski definition) is 4. The molecule has 1 fully saturated rings. The predicted molar refractivity (Wildman–Crippen MR) is 172 cm³/mol. The monoisotopic (exact) mass is 652 g/mol. The second-order valence-corrected chi connectivity index (χ2v) is 11.5. The van der Waals surface area contributed by atoms with E-state index in [1.54, 1.807) is 19.2 Å². The number of allylic oxidation sites excluding steroid dienone is 3. The first kappa shape index (κ1) is 37.4. The summed E-state index contributed by atoms with van der Waals surface area (Å²) in [6.07, 6.45) is 5.59. The van der Waals surface area contributed by atoms with Crippen molar-refractivity contribution in [3.8, 4) is 0 Å². The molecular formula is C32H44ClF3N6O3. The number of carbonyl (C=O) groups excluding carboxylic acids is 3. The third-order valence-corrected chi connectivity index (χ3v) is 7.95. The highest BCUT2D eigenvalue weighted by atomic mass is 35.5. The first-order valence-electron chi connectivity index (χ1n) is 14.9. The Morgan fingerprint density at radius 2 is 1.98 bits per heavy atom. The molecule has 1 heterocycles. The number of benzene rings is 1. The molecule has 1 atom stereocenters. The van der Waals surface area contributed by atoms with Crippen molar-refractivity contribution in [1.82, 2.24) is 20.4 Å². The average Bonchev–Trinajstić information content (AvgIpc) is 2.99. The lowest BCUT2D eigenvalue weighted by Crippen LogP contribution is -2.45. The number of amides is 3. The van der Waals surface area contributed by atoms with E-state index >= 15 is 0 Å². The summed E-state index contributed by atoms with van der Waals surface area (Å²) in [6, 6.07) is 1.78.